The number of aromatic amines is 1. The van der Waals surface area contributed by atoms with E-state index in [1.807, 2.05) is 51.1 Å². The predicted molar refractivity (Wildman–Crippen MR) is 113 cm³/mol. The third-order valence-electron chi connectivity index (χ3n) is 5.42. The van der Waals surface area contributed by atoms with Crippen LogP contribution in [-0.4, -0.2) is 36.6 Å². The molecule has 0 bridgehead atoms. The zero-order chi connectivity index (χ0) is 21.0. The van der Waals surface area contributed by atoms with Gasteiger partial charge in [0.05, 0.1) is 25.0 Å². The van der Waals surface area contributed by atoms with Crippen LogP contribution in [0.4, 0.5) is 0 Å². The van der Waals surface area contributed by atoms with E-state index < -0.39 is 5.92 Å². The molecular weight excluding hydrogens is 368 g/mol. The fourth-order valence-electron chi connectivity index (χ4n) is 3.94. The Labute approximate surface area is 171 Å². The Morgan fingerprint density at radius 1 is 1.21 bits per heavy atom. The van der Waals surface area contributed by atoms with Crippen LogP contribution in [0.3, 0.4) is 0 Å². The third kappa shape index (κ3) is 4.81. The maximum absolute atomic E-state index is 12.8. The number of benzene rings is 1. The number of hydrogen-bond donors (Lipinski definition) is 2. The third-order valence-corrected chi connectivity index (χ3v) is 5.42. The van der Waals surface area contributed by atoms with Crippen LogP contribution in [0, 0.1) is 18.8 Å². The van der Waals surface area contributed by atoms with E-state index >= 15 is 0 Å². The van der Waals surface area contributed by atoms with Crippen molar-refractivity contribution in [2.45, 2.75) is 46.1 Å². The van der Waals surface area contributed by atoms with Crippen molar-refractivity contribution in [3.8, 4) is 5.75 Å². The van der Waals surface area contributed by atoms with Gasteiger partial charge in [0.15, 0.2) is 0 Å². The summed E-state index contributed by atoms with van der Waals surface area (Å²) in [6, 6.07) is 5.94. The van der Waals surface area contributed by atoms with Crippen LogP contribution < -0.4 is 10.1 Å². The van der Waals surface area contributed by atoms with Crippen molar-refractivity contribution < 1.29 is 19.1 Å². The van der Waals surface area contributed by atoms with Crippen molar-refractivity contribution in [2.75, 3.05) is 13.7 Å². The van der Waals surface area contributed by atoms with E-state index in [1.54, 1.807) is 7.11 Å². The van der Waals surface area contributed by atoms with E-state index in [-0.39, 0.29) is 23.9 Å². The van der Waals surface area contributed by atoms with E-state index in [0.29, 0.717) is 25.8 Å². The van der Waals surface area contributed by atoms with Crippen molar-refractivity contribution >= 4 is 22.8 Å². The summed E-state index contributed by atoms with van der Waals surface area (Å²) in [6.45, 7) is 6.19. The Hall–Kier alpha value is -2.76. The monoisotopic (exact) mass is 398 g/mol. The average Bonchev–Trinajstić information content (AvgIpc) is 3.01. The van der Waals surface area contributed by atoms with Gasteiger partial charge in [0.1, 0.15) is 5.75 Å². The zero-order valence-corrected chi connectivity index (χ0v) is 17.6. The molecule has 29 heavy (non-hydrogen) atoms. The number of hydrogen-bond acceptors (Lipinski definition) is 4. The molecule has 0 fully saturated rings. The summed E-state index contributed by atoms with van der Waals surface area (Å²) in [4.78, 5) is 28.6. The van der Waals surface area contributed by atoms with Crippen LogP contribution >= 0.6 is 0 Å². The first-order valence-corrected chi connectivity index (χ1v) is 10.2. The van der Waals surface area contributed by atoms with Gasteiger partial charge in [0.25, 0.3) is 0 Å². The summed E-state index contributed by atoms with van der Waals surface area (Å²) in [7, 11) is 1.65. The van der Waals surface area contributed by atoms with Gasteiger partial charge < -0.3 is 19.8 Å². The largest absolute Gasteiger partial charge is 0.497 e. The van der Waals surface area contributed by atoms with Crippen LogP contribution in [0.2, 0.25) is 0 Å². The van der Waals surface area contributed by atoms with E-state index in [1.165, 1.54) is 5.56 Å². The molecule has 2 N–H and O–H groups in total. The Bertz CT molecular complexity index is 913. The second kappa shape index (κ2) is 9.16. The van der Waals surface area contributed by atoms with Crippen LogP contribution in [0.15, 0.2) is 30.4 Å². The minimum Gasteiger partial charge on any atom is -0.497 e. The summed E-state index contributed by atoms with van der Waals surface area (Å²) in [6.07, 6.45) is 5.56. The smallest absolute Gasteiger partial charge is 0.310 e. The molecule has 2 atom stereocenters. The number of aromatic nitrogens is 1. The molecule has 0 saturated carbocycles. The van der Waals surface area contributed by atoms with Gasteiger partial charge in [-0.2, -0.15) is 0 Å². The molecule has 1 aliphatic carbocycles. The van der Waals surface area contributed by atoms with Gasteiger partial charge in [0, 0.05) is 23.1 Å². The van der Waals surface area contributed by atoms with Gasteiger partial charge >= 0.3 is 5.97 Å². The summed E-state index contributed by atoms with van der Waals surface area (Å²) in [5, 5.41) is 4.13. The van der Waals surface area contributed by atoms with E-state index in [0.717, 1.165) is 22.3 Å². The van der Waals surface area contributed by atoms with Gasteiger partial charge in [-0.15, -0.1) is 0 Å². The minimum absolute atomic E-state index is 0.0878. The average molecular weight is 399 g/mol. The second-order valence-corrected chi connectivity index (χ2v) is 7.82. The van der Waals surface area contributed by atoms with Gasteiger partial charge in [-0.1, -0.05) is 12.2 Å². The fourth-order valence-corrected chi connectivity index (χ4v) is 3.94. The number of methoxy groups -OCH3 is 1. The highest BCUT2D eigenvalue weighted by atomic mass is 16.5. The number of rotatable bonds is 7. The Kier molecular flexibility index (Phi) is 6.62. The van der Waals surface area contributed by atoms with Gasteiger partial charge in [-0.25, -0.2) is 0 Å². The summed E-state index contributed by atoms with van der Waals surface area (Å²) >= 11 is 0. The molecular formula is C23H30N2O4. The second-order valence-electron chi connectivity index (χ2n) is 7.82. The molecule has 6 nitrogen and oxygen atoms in total. The maximum atomic E-state index is 12.8. The Balaban J connectivity index is 1.64. The molecule has 1 amide bonds. The summed E-state index contributed by atoms with van der Waals surface area (Å²) in [5.41, 5.74) is 3.30. The van der Waals surface area contributed by atoms with E-state index in [2.05, 4.69) is 10.3 Å². The van der Waals surface area contributed by atoms with E-state index in [9.17, 15) is 9.59 Å². The van der Waals surface area contributed by atoms with Gasteiger partial charge in [-0.3, -0.25) is 9.59 Å². The fraction of sp³-hybridized carbons (Fsp3) is 0.478. The number of carbonyl (C=O) groups is 2. The van der Waals surface area contributed by atoms with Crippen LogP contribution in [0.5, 0.6) is 5.75 Å². The highest BCUT2D eigenvalue weighted by Gasteiger charge is 2.35. The normalized spacial score (nSPS) is 18.8. The van der Waals surface area contributed by atoms with Gasteiger partial charge in [-0.05, 0) is 63.8 Å². The zero-order valence-electron chi connectivity index (χ0n) is 17.6. The number of ether oxygens (including phenoxy) is 2. The number of aryl methyl sites for hydroxylation is 1. The first-order valence-electron chi connectivity index (χ1n) is 10.2. The molecule has 0 saturated heterocycles. The lowest BCUT2D eigenvalue weighted by Gasteiger charge is -2.26. The molecule has 1 aromatic carbocycles. The van der Waals surface area contributed by atoms with E-state index in [4.69, 9.17) is 9.47 Å². The predicted octanol–water partition coefficient (Wildman–Crippen LogP) is 3.68. The quantitative estimate of drug-likeness (QED) is 0.551. The number of nitrogens with one attached hydrogen (secondary N) is 2. The highest BCUT2D eigenvalue weighted by Crippen LogP contribution is 2.28. The molecule has 156 valence electrons. The number of esters is 1. The Morgan fingerprint density at radius 2 is 1.93 bits per heavy atom. The molecule has 3 rings (SSSR count). The number of allylic oxidation sites excluding steroid dienone is 2. The lowest BCUT2D eigenvalue weighted by molar-refractivity contribution is -0.156. The first-order chi connectivity index (χ1) is 13.9. The van der Waals surface area contributed by atoms with Crippen molar-refractivity contribution in [3.63, 3.8) is 0 Å². The molecule has 2 unspecified atom stereocenters. The molecule has 0 aliphatic heterocycles. The minimum atomic E-state index is -0.415. The molecule has 1 aliphatic rings. The lowest BCUT2D eigenvalue weighted by Crippen LogP contribution is -2.40. The molecule has 2 aromatic rings. The topological polar surface area (TPSA) is 80.4 Å². The summed E-state index contributed by atoms with van der Waals surface area (Å²) in [5.74, 6) is -0.363. The van der Waals surface area contributed by atoms with Crippen LogP contribution in [-0.2, 0) is 20.7 Å². The van der Waals surface area contributed by atoms with Crippen molar-refractivity contribution in [2.24, 2.45) is 11.8 Å². The number of fused-ring (bicyclic) bond motifs is 1. The number of amides is 1. The molecule has 6 heteroatoms. The van der Waals surface area contributed by atoms with Crippen LogP contribution in [0.1, 0.15) is 37.9 Å². The highest BCUT2D eigenvalue weighted by molar-refractivity contribution is 5.87. The molecule has 0 radical (unpaired) electrons. The summed E-state index contributed by atoms with van der Waals surface area (Å²) < 4.78 is 10.7. The first kappa shape index (κ1) is 21.0. The number of carbonyl (C=O) groups excluding carboxylic acids is 2. The van der Waals surface area contributed by atoms with Gasteiger partial charge in [0.2, 0.25) is 5.91 Å². The molecule has 1 heterocycles. The standard InChI is InChI=1S/C23H30N2O4/c1-14(2)29-23(27)19-8-6-5-7-18(19)22(26)24-12-11-17-15(3)25-21-10-9-16(28-4)13-20(17)21/h5-6,9-10,13-14,18-19,25H,7-8,11-12H2,1-4H3,(H,24,26). The number of H-pyrrole nitrogens is 1. The van der Waals surface area contributed by atoms with Crippen molar-refractivity contribution in [3.05, 3.63) is 41.6 Å². The van der Waals surface area contributed by atoms with Crippen molar-refractivity contribution in [1.82, 2.24) is 10.3 Å². The Morgan fingerprint density at radius 3 is 2.62 bits per heavy atom. The van der Waals surface area contributed by atoms with Crippen LogP contribution in [0.25, 0.3) is 10.9 Å². The maximum Gasteiger partial charge on any atom is 0.310 e. The van der Waals surface area contributed by atoms with Crippen molar-refractivity contribution in [1.29, 1.82) is 0 Å². The molecule has 0 spiro atoms. The molecule has 1 aromatic heterocycles. The lowest BCUT2D eigenvalue weighted by atomic mass is 9.82. The SMILES string of the molecule is COc1ccc2[nH]c(C)c(CCNC(=O)C3CC=CCC3C(=O)OC(C)C)c2c1.